The average Bonchev–Trinajstić information content (AvgIpc) is 2.30. The van der Waals surface area contributed by atoms with Crippen LogP contribution < -0.4 is 16.0 Å². The van der Waals surface area contributed by atoms with Gasteiger partial charge in [-0.2, -0.15) is 0 Å². The monoisotopic (exact) mass is 205 g/mol. The molecule has 0 spiro atoms. The van der Waals surface area contributed by atoms with Crippen LogP contribution in [-0.2, 0) is 6.42 Å². The number of rotatable bonds is 1. The largest absolute Gasteiger partial charge is 0.493 e. The number of nitrogens with zero attached hydrogens (tertiary/aromatic N) is 1. The summed E-state index contributed by atoms with van der Waals surface area (Å²) < 4.78 is 5.64. The SMILES string of the molecule is CN=C(NN)C1COc2ccccc2C1. The third-order valence-electron chi connectivity index (χ3n) is 2.65. The lowest BCUT2D eigenvalue weighted by atomic mass is 9.96. The van der Waals surface area contributed by atoms with Crippen molar-refractivity contribution >= 4 is 5.84 Å². The first-order valence-corrected chi connectivity index (χ1v) is 4.99. The zero-order chi connectivity index (χ0) is 10.7. The molecular weight excluding hydrogens is 190 g/mol. The van der Waals surface area contributed by atoms with Gasteiger partial charge in [0.05, 0.1) is 12.5 Å². The molecule has 1 aromatic carbocycles. The van der Waals surface area contributed by atoms with E-state index < -0.39 is 0 Å². The van der Waals surface area contributed by atoms with Crippen molar-refractivity contribution in [2.45, 2.75) is 6.42 Å². The third-order valence-corrected chi connectivity index (χ3v) is 2.65. The number of amidine groups is 1. The van der Waals surface area contributed by atoms with Crippen LogP contribution in [0.15, 0.2) is 29.3 Å². The molecule has 1 unspecified atom stereocenters. The lowest BCUT2D eigenvalue weighted by molar-refractivity contribution is 0.256. The molecule has 2 rings (SSSR count). The predicted octanol–water partition coefficient (Wildman–Crippen LogP) is 0.729. The Morgan fingerprint density at radius 1 is 1.53 bits per heavy atom. The highest BCUT2D eigenvalue weighted by Crippen LogP contribution is 2.26. The number of hydrogen-bond acceptors (Lipinski definition) is 3. The van der Waals surface area contributed by atoms with Crippen molar-refractivity contribution in [1.82, 2.24) is 5.43 Å². The molecule has 1 atom stereocenters. The molecule has 0 aliphatic carbocycles. The number of hydrogen-bond donors (Lipinski definition) is 2. The molecule has 0 amide bonds. The smallest absolute Gasteiger partial charge is 0.122 e. The molecule has 4 nitrogen and oxygen atoms in total. The van der Waals surface area contributed by atoms with Crippen LogP contribution in [0.3, 0.4) is 0 Å². The van der Waals surface area contributed by atoms with E-state index in [0.717, 1.165) is 18.0 Å². The van der Waals surface area contributed by atoms with E-state index in [-0.39, 0.29) is 5.92 Å². The summed E-state index contributed by atoms with van der Waals surface area (Å²) in [6.07, 6.45) is 0.924. The van der Waals surface area contributed by atoms with Crippen molar-refractivity contribution in [2.75, 3.05) is 13.7 Å². The minimum absolute atomic E-state index is 0.231. The molecule has 0 fully saturated rings. The molecule has 0 saturated heterocycles. The number of benzene rings is 1. The van der Waals surface area contributed by atoms with E-state index in [9.17, 15) is 0 Å². The van der Waals surface area contributed by atoms with E-state index in [1.807, 2.05) is 18.2 Å². The zero-order valence-electron chi connectivity index (χ0n) is 8.73. The highest BCUT2D eigenvalue weighted by atomic mass is 16.5. The Balaban J connectivity index is 2.18. The van der Waals surface area contributed by atoms with Crippen molar-refractivity contribution in [3.63, 3.8) is 0 Å². The summed E-state index contributed by atoms with van der Waals surface area (Å²) in [5, 5.41) is 0. The van der Waals surface area contributed by atoms with E-state index in [2.05, 4.69) is 16.5 Å². The number of hydrazine groups is 1. The van der Waals surface area contributed by atoms with E-state index >= 15 is 0 Å². The van der Waals surface area contributed by atoms with Crippen molar-refractivity contribution in [2.24, 2.45) is 16.8 Å². The number of nitrogens with one attached hydrogen (secondary N) is 1. The van der Waals surface area contributed by atoms with E-state index in [4.69, 9.17) is 10.6 Å². The van der Waals surface area contributed by atoms with E-state index in [1.54, 1.807) is 7.05 Å². The lowest BCUT2D eigenvalue weighted by Gasteiger charge is -2.25. The first-order chi connectivity index (χ1) is 7.35. The molecule has 0 saturated carbocycles. The zero-order valence-corrected chi connectivity index (χ0v) is 8.73. The van der Waals surface area contributed by atoms with Gasteiger partial charge in [0.1, 0.15) is 11.6 Å². The molecule has 1 heterocycles. The maximum Gasteiger partial charge on any atom is 0.122 e. The van der Waals surface area contributed by atoms with Gasteiger partial charge in [-0.3, -0.25) is 4.99 Å². The van der Waals surface area contributed by atoms with Gasteiger partial charge >= 0.3 is 0 Å². The van der Waals surface area contributed by atoms with Crippen LogP contribution in [0.2, 0.25) is 0 Å². The molecule has 1 aromatic rings. The van der Waals surface area contributed by atoms with Gasteiger partial charge in [-0.1, -0.05) is 18.2 Å². The summed E-state index contributed by atoms with van der Waals surface area (Å²) in [5.74, 6) is 7.40. The molecule has 4 heteroatoms. The van der Waals surface area contributed by atoms with Gasteiger partial charge in [0, 0.05) is 7.05 Å². The standard InChI is InChI=1S/C11H15N3O/c1-13-11(14-12)9-6-8-4-2-3-5-10(8)15-7-9/h2-5,9H,6-7,12H2,1H3,(H,13,14). The highest BCUT2D eigenvalue weighted by Gasteiger charge is 2.23. The Hall–Kier alpha value is -1.55. The van der Waals surface area contributed by atoms with Crippen LogP contribution in [-0.4, -0.2) is 19.5 Å². The Morgan fingerprint density at radius 3 is 3.07 bits per heavy atom. The summed E-state index contributed by atoms with van der Waals surface area (Å²) in [5.41, 5.74) is 3.84. The fourth-order valence-electron chi connectivity index (χ4n) is 1.87. The average molecular weight is 205 g/mol. The molecule has 80 valence electrons. The van der Waals surface area contributed by atoms with Gasteiger partial charge in [0.15, 0.2) is 0 Å². The van der Waals surface area contributed by atoms with E-state index in [0.29, 0.717) is 6.61 Å². The first kappa shape index (κ1) is 9.98. The highest BCUT2D eigenvalue weighted by molar-refractivity contribution is 5.84. The number of aliphatic imine (C=N–C) groups is 1. The minimum Gasteiger partial charge on any atom is -0.493 e. The first-order valence-electron chi connectivity index (χ1n) is 4.99. The number of fused-ring (bicyclic) bond motifs is 1. The summed E-state index contributed by atoms with van der Waals surface area (Å²) in [7, 11) is 1.73. The van der Waals surface area contributed by atoms with Gasteiger partial charge in [-0.15, -0.1) is 0 Å². The second-order valence-electron chi connectivity index (χ2n) is 3.57. The Bertz CT molecular complexity index is 376. The Labute approximate surface area is 89.1 Å². The molecule has 0 aromatic heterocycles. The molecule has 1 aliphatic heterocycles. The third kappa shape index (κ3) is 1.94. The number of ether oxygens (including phenoxy) is 1. The Morgan fingerprint density at radius 2 is 2.33 bits per heavy atom. The van der Waals surface area contributed by atoms with Crippen LogP contribution >= 0.6 is 0 Å². The van der Waals surface area contributed by atoms with E-state index in [1.165, 1.54) is 5.56 Å². The van der Waals surface area contributed by atoms with Crippen molar-refractivity contribution in [3.8, 4) is 5.75 Å². The second kappa shape index (κ2) is 4.31. The minimum atomic E-state index is 0.231. The molecule has 0 radical (unpaired) electrons. The summed E-state index contributed by atoms with van der Waals surface area (Å²) >= 11 is 0. The topological polar surface area (TPSA) is 59.6 Å². The predicted molar refractivity (Wildman–Crippen MR) is 59.8 cm³/mol. The fourth-order valence-corrected chi connectivity index (χ4v) is 1.87. The van der Waals surface area contributed by atoms with Crippen molar-refractivity contribution < 1.29 is 4.74 Å². The van der Waals surface area contributed by atoms with Gasteiger partial charge in [-0.05, 0) is 18.1 Å². The lowest BCUT2D eigenvalue weighted by Crippen LogP contribution is -2.41. The van der Waals surface area contributed by atoms with Gasteiger partial charge in [0.2, 0.25) is 0 Å². The van der Waals surface area contributed by atoms with Crippen LogP contribution in [0, 0.1) is 5.92 Å². The van der Waals surface area contributed by atoms with Gasteiger partial charge < -0.3 is 10.2 Å². The number of para-hydroxylation sites is 1. The fraction of sp³-hybridized carbons (Fsp3) is 0.364. The second-order valence-corrected chi connectivity index (χ2v) is 3.57. The van der Waals surface area contributed by atoms with Crippen LogP contribution in [0.25, 0.3) is 0 Å². The quantitative estimate of drug-likeness (QED) is 0.307. The molecule has 0 bridgehead atoms. The van der Waals surface area contributed by atoms with Crippen molar-refractivity contribution in [3.05, 3.63) is 29.8 Å². The number of nitrogens with two attached hydrogens (primary N) is 1. The van der Waals surface area contributed by atoms with Crippen LogP contribution in [0.4, 0.5) is 0 Å². The maximum absolute atomic E-state index is 5.64. The summed E-state index contributed by atoms with van der Waals surface area (Å²) in [6.45, 7) is 0.633. The van der Waals surface area contributed by atoms with Crippen molar-refractivity contribution in [1.29, 1.82) is 0 Å². The normalized spacial score (nSPS) is 20.4. The summed E-state index contributed by atoms with van der Waals surface area (Å²) in [4.78, 5) is 4.10. The molecule has 3 N–H and O–H groups in total. The maximum atomic E-state index is 5.64. The van der Waals surface area contributed by atoms with Gasteiger partial charge in [0.25, 0.3) is 0 Å². The van der Waals surface area contributed by atoms with Crippen LogP contribution in [0.1, 0.15) is 5.56 Å². The summed E-state index contributed by atoms with van der Waals surface area (Å²) in [6, 6.07) is 8.06. The molecule has 15 heavy (non-hydrogen) atoms. The Kier molecular flexibility index (Phi) is 2.87. The molecular formula is C11H15N3O. The van der Waals surface area contributed by atoms with Gasteiger partial charge in [-0.25, -0.2) is 5.84 Å². The van der Waals surface area contributed by atoms with Crippen LogP contribution in [0.5, 0.6) is 5.75 Å². The molecule has 1 aliphatic rings.